The molecule has 4 atom stereocenters. The molecule has 2 rings (SSSR count). The van der Waals surface area contributed by atoms with E-state index < -0.39 is 0 Å². The number of nitrogens with two attached hydrogens (primary N) is 1. The van der Waals surface area contributed by atoms with Gasteiger partial charge in [0.15, 0.2) is 0 Å². The first-order valence-electron chi connectivity index (χ1n) is 6.00. The van der Waals surface area contributed by atoms with Gasteiger partial charge in [0.25, 0.3) is 0 Å². The molecule has 2 aliphatic rings. The Hall–Kier alpha value is -0.0400. The molecule has 1 heteroatoms. The predicted octanol–water partition coefficient (Wildman–Crippen LogP) is 2.94. The van der Waals surface area contributed by atoms with Gasteiger partial charge >= 0.3 is 0 Å². The van der Waals surface area contributed by atoms with Crippen LogP contribution in [-0.2, 0) is 0 Å². The molecule has 0 radical (unpaired) electrons. The lowest BCUT2D eigenvalue weighted by Gasteiger charge is -2.42. The van der Waals surface area contributed by atoms with Gasteiger partial charge in [-0.3, -0.25) is 0 Å². The maximum absolute atomic E-state index is 6.40. The molecule has 0 aromatic carbocycles. The highest BCUT2D eigenvalue weighted by molar-refractivity contribution is 5.07. The van der Waals surface area contributed by atoms with Crippen LogP contribution in [0.2, 0.25) is 0 Å². The molecule has 2 bridgehead atoms. The third-order valence-electron chi connectivity index (χ3n) is 4.83. The van der Waals surface area contributed by atoms with Crippen molar-refractivity contribution < 1.29 is 0 Å². The zero-order valence-electron chi connectivity index (χ0n) is 9.05. The Bertz CT molecular complexity index is 186. The molecular formula is C12H23N. The molecule has 2 saturated carbocycles. The monoisotopic (exact) mass is 181 g/mol. The van der Waals surface area contributed by atoms with Gasteiger partial charge in [-0.2, -0.15) is 0 Å². The van der Waals surface area contributed by atoms with Crippen LogP contribution < -0.4 is 5.73 Å². The second kappa shape index (κ2) is 3.27. The normalized spacial score (nSPS) is 48.7. The second-order valence-electron chi connectivity index (χ2n) is 5.13. The van der Waals surface area contributed by atoms with Crippen LogP contribution in [0.15, 0.2) is 0 Å². The van der Waals surface area contributed by atoms with Crippen LogP contribution in [0, 0.1) is 17.3 Å². The Morgan fingerprint density at radius 1 is 1.31 bits per heavy atom. The van der Waals surface area contributed by atoms with Crippen molar-refractivity contribution in [2.75, 3.05) is 0 Å². The van der Waals surface area contributed by atoms with Crippen molar-refractivity contribution in [1.29, 1.82) is 0 Å². The summed E-state index contributed by atoms with van der Waals surface area (Å²) in [4.78, 5) is 0. The Kier molecular flexibility index (Phi) is 2.39. The summed E-state index contributed by atoms with van der Waals surface area (Å²) >= 11 is 0. The zero-order valence-corrected chi connectivity index (χ0v) is 9.05. The van der Waals surface area contributed by atoms with Gasteiger partial charge in [-0.25, -0.2) is 0 Å². The van der Waals surface area contributed by atoms with Crippen molar-refractivity contribution >= 4 is 0 Å². The summed E-state index contributed by atoms with van der Waals surface area (Å²) in [5.41, 5.74) is 6.94. The first-order valence-corrected chi connectivity index (χ1v) is 6.00. The molecule has 0 aliphatic heterocycles. The first-order chi connectivity index (χ1) is 6.24. The minimum Gasteiger partial charge on any atom is -0.327 e. The lowest BCUT2D eigenvalue weighted by atomic mass is 9.66. The average Bonchev–Trinajstić information content (AvgIpc) is 2.69. The summed E-state index contributed by atoms with van der Waals surface area (Å²) in [6, 6.07) is 0.524. The lowest BCUT2D eigenvalue weighted by molar-refractivity contribution is 0.111. The summed E-state index contributed by atoms with van der Waals surface area (Å²) < 4.78 is 0. The Balaban J connectivity index is 2.19. The van der Waals surface area contributed by atoms with Gasteiger partial charge in [-0.15, -0.1) is 0 Å². The van der Waals surface area contributed by atoms with Crippen molar-refractivity contribution in [3.8, 4) is 0 Å². The summed E-state index contributed by atoms with van der Waals surface area (Å²) in [5, 5.41) is 0. The molecule has 0 aromatic heterocycles. The maximum Gasteiger partial charge on any atom is 0.0127 e. The van der Waals surface area contributed by atoms with E-state index in [1.807, 2.05) is 0 Å². The van der Waals surface area contributed by atoms with E-state index in [1.165, 1.54) is 38.5 Å². The number of fused-ring (bicyclic) bond motifs is 2. The largest absolute Gasteiger partial charge is 0.327 e. The fraction of sp³-hybridized carbons (Fsp3) is 1.00. The van der Waals surface area contributed by atoms with Crippen molar-refractivity contribution in [2.24, 2.45) is 23.0 Å². The van der Waals surface area contributed by atoms with Gasteiger partial charge in [-0.1, -0.05) is 20.3 Å². The molecule has 2 fully saturated rings. The molecule has 0 unspecified atom stereocenters. The standard InChI is InChI=1S/C12H23N/c1-3-7-12(4-2)10-6-5-9(8-10)11(12)13/h9-11H,3-8,13H2,1-2H3/t9-,10+,11-,12-/m0/s1. The van der Waals surface area contributed by atoms with Crippen LogP contribution in [0.3, 0.4) is 0 Å². The quantitative estimate of drug-likeness (QED) is 0.711. The number of hydrogen-bond donors (Lipinski definition) is 1. The summed E-state index contributed by atoms with van der Waals surface area (Å²) in [6.07, 6.45) is 8.30. The third-order valence-corrected chi connectivity index (χ3v) is 4.83. The van der Waals surface area contributed by atoms with E-state index >= 15 is 0 Å². The van der Waals surface area contributed by atoms with E-state index in [0.29, 0.717) is 11.5 Å². The van der Waals surface area contributed by atoms with Gasteiger partial charge in [-0.05, 0) is 49.4 Å². The average molecular weight is 181 g/mol. The smallest absolute Gasteiger partial charge is 0.0127 e. The zero-order chi connectivity index (χ0) is 9.47. The van der Waals surface area contributed by atoms with Crippen LogP contribution in [0.5, 0.6) is 0 Å². The molecule has 0 spiro atoms. The van der Waals surface area contributed by atoms with E-state index in [1.54, 1.807) is 0 Å². The van der Waals surface area contributed by atoms with Crippen molar-refractivity contribution in [3.05, 3.63) is 0 Å². The van der Waals surface area contributed by atoms with Crippen molar-refractivity contribution in [2.45, 2.75) is 58.4 Å². The molecule has 2 aliphatic carbocycles. The number of rotatable bonds is 3. The highest BCUT2D eigenvalue weighted by Gasteiger charge is 2.54. The van der Waals surface area contributed by atoms with E-state index in [2.05, 4.69) is 13.8 Å². The van der Waals surface area contributed by atoms with Crippen molar-refractivity contribution in [3.63, 3.8) is 0 Å². The van der Waals surface area contributed by atoms with Gasteiger partial charge in [0.1, 0.15) is 0 Å². The van der Waals surface area contributed by atoms with Crippen LogP contribution in [-0.4, -0.2) is 6.04 Å². The molecule has 0 aromatic rings. The Morgan fingerprint density at radius 3 is 2.54 bits per heavy atom. The fourth-order valence-corrected chi connectivity index (χ4v) is 4.14. The molecule has 0 heterocycles. The summed E-state index contributed by atoms with van der Waals surface area (Å²) in [5.74, 6) is 1.84. The van der Waals surface area contributed by atoms with E-state index in [0.717, 1.165) is 11.8 Å². The molecule has 13 heavy (non-hydrogen) atoms. The first kappa shape index (κ1) is 9.51. The summed E-state index contributed by atoms with van der Waals surface area (Å²) in [7, 11) is 0. The van der Waals surface area contributed by atoms with E-state index in [-0.39, 0.29) is 0 Å². The molecule has 0 amide bonds. The second-order valence-corrected chi connectivity index (χ2v) is 5.13. The van der Waals surface area contributed by atoms with Gasteiger partial charge < -0.3 is 5.73 Å². The molecule has 0 saturated heterocycles. The highest BCUT2D eigenvalue weighted by atomic mass is 14.8. The van der Waals surface area contributed by atoms with Gasteiger partial charge in [0.2, 0.25) is 0 Å². The van der Waals surface area contributed by atoms with E-state index in [4.69, 9.17) is 5.73 Å². The number of hydrogen-bond acceptors (Lipinski definition) is 1. The third kappa shape index (κ3) is 1.16. The molecule has 2 N–H and O–H groups in total. The molecular weight excluding hydrogens is 158 g/mol. The van der Waals surface area contributed by atoms with Crippen molar-refractivity contribution in [1.82, 2.24) is 0 Å². The molecule has 1 nitrogen and oxygen atoms in total. The highest BCUT2D eigenvalue weighted by Crippen LogP contribution is 2.58. The van der Waals surface area contributed by atoms with Crippen LogP contribution in [0.25, 0.3) is 0 Å². The Morgan fingerprint density at radius 2 is 2.08 bits per heavy atom. The van der Waals surface area contributed by atoms with Crippen LogP contribution in [0.4, 0.5) is 0 Å². The predicted molar refractivity (Wildman–Crippen MR) is 56.4 cm³/mol. The van der Waals surface area contributed by atoms with E-state index in [9.17, 15) is 0 Å². The minimum atomic E-state index is 0.524. The summed E-state index contributed by atoms with van der Waals surface area (Å²) in [6.45, 7) is 4.65. The van der Waals surface area contributed by atoms with Crippen LogP contribution >= 0.6 is 0 Å². The molecule has 76 valence electrons. The fourth-order valence-electron chi connectivity index (χ4n) is 4.14. The van der Waals surface area contributed by atoms with Crippen LogP contribution in [0.1, 0.15) is 52.4 Å². The minimum absolute atomic E-state index is 0.524. The maximum atomic E-state index is 6.40. The van der Waals surface area contributed by atoms with Gasteiger partial charge in [0.05, 0.1) is 0 Å². The topological polar surface area (TPSA) is 26.0 Å². The lowest BCUT2D eigenvalue weighted by Crippen LogP contribution is -2.45. The Labute approximate surface area is 82.1 Å². The van der Waals surface area contributed by atoms with Gasteiger partial charge in [0, 0.05) is 6.04 Å². The SMILES string of the molecule is CCC[C@@]1(CC)[C@@H]2CC[C@@H](C2)[C@@H]1N.